The number of benzene rings is 1. The lowest BCUT2D eigenvalue weighted by Gasteiger charge is -2.19. The van der Waals surface area contributed by atoms with Crippen LogP contribution in [0.1, 0.15) is 40.5 Å². The number of hydrazine groups is 1. The number of carbonyl (C=O) groups is 3. The van der Waals surface area contributed by atoms with Crippen molar-refractivity contribution >= 4 is 17.8 Å². The molecule has 1 unspecified atom stereocenters. The van der Waals surface area contributed by atoms with Crippen LogP contribution in [0.5, 0.6) is 0 Å². The molecule has 1 aromatic rings. The van der Waals surface area contributed by atoms with Crippen molar-refractivity contribution in [2.45, 2.75) is 26.0 Å². The highest BCUT2D eigenvalue weighted by molar-refractivity contribution is 6.21. The quantitative estimate of drug-likeness (QED) is 0.323. The molecule has 1 atom stereocenters. The maximum absolute atomic E-state index is 12.3. The molecule has 0 saturated heterocycles. The van der Waals surface area contributed by atoms with Crippen molar-refractivity contribution in [1.82, 2.24) is 9.91 Å². The van der Waals surface area contributed by atoms with Crippen LogP contribution in [0.4, 0.5) is 0 Å². The summed E-state index contributed by atoms with van der Waals surface area (Å²) >= 11 is 0. The number of fused-ring (bicyclic) bond motifs is 1. The topological polar surface area (TPSA) is 126 Å². The van der Waals surface area contributed by atoms with E-state index in [0.29, 0.717) is 0 Å². The molecule has 134 valence electrons. The molecule has 0 radical (unpaired) electrons. The van der Waals surface area contributed by atoms with Crippen LogP contribution in [-0.2, 0) is 9.63 Å². The third kappa shape index (κ3) is 4.03. The average molecular weight is 350 g/mol. The van der Waals surface area contributed by atoms with Gasteiger partial charge in [0.1, 0.15) is 0 Å². The Morgan fingerprint density at radius 3 is 2.44 bits per heavy atom. The van der Waals surface area contributed by atoms with Gasteiger partial charge in [-0.1, -0.05) is 12.1 Å². The van der Waals surface area contributed by atoms with Crippen molar-refractivity contribution in [3.63, 3.8) is 0 Å². The molecule has 2 rings (SSSR count). The number of imide groups is 1. The Morgan fingerprint density at radius 1 is 1.36 bits per heavy atom. The first kappa shape index (κ1) is 18.2. The first-order chi connectivity index (χ1) is 11.8. The summed E-state index contributed by atoms with van der Waals surface area (Å²) in [5.41, 5.74) is 0.542. The number of amides is 2. The molecule has 10 nitrogen and oxygen atoms in total. The summed E-state index contributed by atoms with van der Waals surface area (Å²) in [6, 6.07) is 6.37. The van der Waals surface area contributed by atoms with Gasteiger partial charge >= 0.3 is 5.97 Å². The van der Waals surface area contributed by atoms with Crippen LogP contribution < -0.4 is 0 Å². The number of hydrogen-bond acceptors (Lipinski definition) is 6. The lowest BCUT2D eigenvalue weighted by molar-refractivity contribution is -0.707. The summed E-state index contributed by atoms with van der Waals surface area (Å²) < 4.78 is 0. The monoisotopic (exact) mass is 350 g/mol. The van der Waals surface area contributed by atoms with Gasteiger partial charge in [-0.25, -0.2) is 4.90 Å². The van der Waals surface area contributed by atoms with Crippen LogP contribution in [0.3, 0.4) is 0 Å². The van der Waals surface area contributed by atoms with Crippen LogP contribution in [0.15, 0.2) is 29.5 Å². The standard InChI is InChI=1S/C15H18N4O6/c1-10(25-16-19(24)17(2)9-5-8-13(20)21)18-14(22)11-6-3-4-7-12(11)15(18)23/h3-4,6-7,10H,5,8-9H2,1-2H3,(H,20,21). The fourth-order valence-electron chi connectivity index (χ4n) is 2.30. The summed E-state index contributed by atoms with van der Waals surface area (Å²) in [5.74, 6) is -2.00. The minimum atomic E-state index is -1.07. The third-order valence-corrected chi connectivity index (χ3v) is 3.62. The summed E-state index contributed by atoms with van der Waals surface area (Å²) in [4.78, 5) is 40.9. The lowest BCUT2D eigenvalue weighted by atomic mass is 10.1. The summed E-state index contributed by atoms with van der Waals surface area (Å²) in [5, 5.41) is 24.7. The smallest absolute Gasteiger partial charge is 0.303 e. The minimum absolute atomic E-state index is 0.0789. The first-order valence-electron chi connectivity index (χ1n) is 7.56. The number of rotatable bonds is 8. The lowest BCUT2D eigenvalue weighted by Crippen LogP contribution is -2.39. The average Bonchev–Trinajstić information content (AvgIpc) is 2.83. The third-order valence-electron chi connectivity index (χ3n) is 3.62. The summed E-state index contributed by atoms with van der Waals surface area (Å²) in [7, 11) is 1.41. The summed E-state index contributed by atoms with van der Waals surface area (Å²) in [6.45, 7) is 1.58. The highest BCUT2D eigenvalue weighted by Gasteiger charge is 2.39. The van der Waals surface area contributed by atoms with Gasteiger partial charge in [-0.15, -0.1) is 5.01 Å². The van der Waals surface area contributed by atoms with Gasteiger partial charge in [0.15, 0.2) is 0 Å². The number of carbonyl (C=O) groups excluding carboxylic acids is 2. The molecule has 1 aromatic carbocycles. The Balaban J connectivity index is 1.96. The largest absolute Gasteiger partial charge is 0.569 e. The van der Waals surface area contributed by atoms with Gasteiger partial charge in [-0.3, -0.25) is 14.4 Å². The molecule has 0 aromatic heterocycles. The Labute approximate surface area is 143 Å². The number of nitrogens with zero attached hydrogens (tertiary/aromatic N) is 4. The molecule has 1 heterocycles. The zero-order valence-corrected chi connectivity index (χ0v) is 13.8. The van der Waals surface area contributed by atoms with Gasteiger partial charge in [0, 0.05) is 6.42 Å². The molecular formula is C15H18N4O6. The number of carboxylic acids is 1. The molecule has 10 heteroatoms. The van der Waals surface area contributed by atoms with E-state index >= 15 is 0 Å². The molecule has 0 bridgehead atoms. The van der Waals surface area contributed by atoms with Crippen LogP contribution in [0.25, 0.3) is 0 Å². The SMILES string of the molecule is CC(ON=[N+]([O-])N(C)CCCC(=O)O)N1C(=O)c2ccccc2C1=O. The van der Waals surface area contributed by atoms with Gasteiger partial charge in [0.05, 0.1) is 29.7 Å². The van der Waals surface area contributed by atoms with Crippen molar-refractivity contribution in [3.05, 3.63) is 40.6 Å². The van der Waals surface area contributed by atoms with Gasteiger partial charge in [-0.05, 0) is 25.5 Å². The number of aliphatic carboxylic acids is 1. The van der Waals surface area contributed by atoms with Gasteiger partial charge < -0.3 is 15.2 Å². The first-order valence-corrected chi connectivity index (χ1v) is 7.56. The van der Waals surface area contributed by atoms with E-state index in [9.17, 15) is 19.6 Å². The fraction of sp³-hybridized carbons (Fsp3) is 0.400. The fourth-order valence-corrected chi connectivity index (χ4v) is 2.30. The molecule has 0 aliphatic carbocycles. The van der Waals surface area contributed by atoms with E-state index in [1.807, 2.05) is 0 Å². The second kappa shape index (κ2) is 7.60. The normalized spacial score (nSPS) is 15.1. The van der Waals surface area contributed by atoms with Crippen molar-refractivity contribution in [1.29, 1.82) is 0 Å². The molecule has 0 spiro atoms. The molecule has 1 aliphatic heterocycles. The van der Waals surface area contributed by atoms with Crippen molar-refractivity contribution in [2.24, 2.45) is 5.28 Å². The maximum atomic E-state index is 12.3. The van der Waals surface area contributed by atoms with E-state index in [1.54, 1.807) is 12.1 Å². The van der Waals surface area contributed by atoms with E-state index in [2.05, 4.69) is 5.28 Å². The van der Waals surface area contributed by atoms with E-state index < -0.39 is 24.0 Å². The number of carboxylic acid groups (broad SMARTS) is 1. The van der Waals surface area contributed by atoms with E-state index in [-0.39, 0.29) is 35.5 Å². The van der Waals surface area contributed by atoms with Gasteiger partial charge in [0.2, 0.25) is 11.5 Å². The minimum Gasteiger partial charge on any atom is -0.569 e. The van der Waals surface area contributed by atoms with E-state index in [1.165, 1.54) is 26.1 Å². The van der Waals surface area contributed by atoms with E-state index in [4.69, 9.17) is 9.94 Å². The molecule has 0 saturated carbocycles. The van der Waals surface area contributed by atoms with Crippen LogP contribution in [-0.4, -0.2) is 57.6 Å². The van der Waals surface area contributed by atoms with Crippen LogP contribution >= 0.6 is 0 Å². The number of hydrogen-bond donors (Lipinski definition) is 1. The molecule has 1 N–H and O–H groups in total. The molecule has 1 aliphatic rings. The maximum Gasteiger partial charge on any atom is 0.303 e. The Bertz CT molecular complexity index is 685. The highest BCUT2D eigenvalue weighted by Crippen LogP contribution is 2.24. The zero-order chi connectivity index (χ0) is 18.6. The van der Waals surface area contributed by atoms with Gasteiger partial charge in [0.25, 0.3) is 11.8 Å². The molecule has 25 heavy (non-hydrogen) atoms. The summed E-state index contributed by atoms with van der Waals surface area (Å²) in [6.07, 6.45) is -0.894. The predicted octanol–water partition coefficient (Wildman–Crippen LogP) is 1.23. The Kier molecular flexibility index (Phi) is 5.52. The van der Waals surface area contributed by atoms with Crippen molar-refractivity contribution in [2.75, 3.05) is 13.6 Å². The Morgan fingerprint density at radius 2 is 1.92 bits per heavy atom. The van der Waals surface area contributed by atoms with Crippen molar-refractivity contribution < 1.29 is 29.3 Å². The van der Waals surface area contributed by atoms with Crippen molar-refractivity contribution in [3.8, 4) is 0 Å². The van der Waals surface area contributed by atoms with E-state index in [0.717, 1.165) is 9.91 Å². The highest BCUT2D eigenvalue weighted by atomic mass is 16.7. The second-order valence-electron chi connectivity index (χ2n) is 5.44. The van der Waals surface area contributed by atoms with Crippen LogP contribution in [0.2, 0.25) is 0 Å². The zero-order valence-electron chi connectivity index (χ0n) is 13.8. The van der Waals surface area contributed by atoms with Gasteiger partial charge in [-0.2, -0.15) is 0 Å². The molecule has 2 amide bonds. The Hall–Kier alpha value is -3.17. The second-order valence-corrected chi connectivity index (χ2v) is 5.44. The molecular weight excluding hydrogens is 332 g/mol. The predicted molar refractivity (Wildman–Crippen MR) is 83.0 cm³/mol. The molecule has 0 fully saturated rings. The van der Waals surface area contributed by atoms with Crippen LogP contribution in [0, 0.1) is 5.21 Å².